The van der Waals surface area contributed by atoms with Crippen molar-refractivity contribution in [3.05, 3.63) is 29.3 Å². The maximum absolute atomic E-state index is 11.7. The Hall–Kier alpha value is -1.86. The normalized spacial score (nSPS) is 11.7. The van der Waals surface area contributed by atoms with Crippen molar-refractivity contribution < 1.29 is 4.79 Å². The summed E-state index contributed by atoms with van der Waals surface area (Å²) in [6, 6.07) is 7.84. The first-order valence-corrected chi connectivity index (χ1v) is 6.11. The molecule has 4 nitrogen and oxygen atoms in total. The number of benzene rings is 1. The SMILES string of the molecule is CCC(C)NCC(=O)Nc1cccc(C)c1C#N. The van der Waals surface area contributed by atoms with Gasteiger partial charge < -0.3 is 10.6 Å². The number of hydrogen-bond acceptors (Lipinski definition) is 3. The van der Waals surface area contributed by atoms with Crippen molar-refractivity contribution in [3.63, 3.8) is 0 Å². The molecule has 1 aromatic rings. The summed E-state index contributed by atoms with van der Waals surface area (Å²) in [4.78, 5) is 11.7. The molecule has 1 atom stereocenters. The van der Waals surface area contributed by atoms with E-state index in [0.29, 0.717) is 17.3 Å². The zero-order valence-corrected chi connectivity index (χ0v) is 11.1. The predicted octanol–water partition coefficient (Wildman–Crippen LogP) is 2.19. The molecule has 0 spiro atoms. The predicted molar refractivity (Wildman–Crippen MR) is 72.3 cm³/mol. The highest BCUT2D eigenvalue weighted by Gasteiger charge is 2.09. The second-order valence-corrected chi connectivity index (χ2v) is 4.35. The van der Waals surface area contributed by atoms with E-state index in [2.05, 4.69) is 23.6 Å². The Labute approximate surface area is 108 Å². The van der Waals surface area contributed by atoms with E-state index in [9.17, 15) is 4.79 Å². The van der Waals surface area contributed by atoms with Crippen molar-refractivity contribution in [2.45, 2.75) is 33.2 Å². The van der Waals surface area contributed by atoms with Crippen LogP contribution in [-0.4, -0.2) is 18.5 Å². The van der Waals surface area contributed by atoms with Crippen molar-refractivity contribution in [3.8, 4) is 6.07 Å². The number of nitrogens with zero attached hydrogens (tertiary/aromatic N) is 1. The van der Waals surface area contributed by atoms with E-state index < -0.39 is 0 Å². The highest BCUT2D eigenvalue weighted by molar-refractivity contribution is 5.93. The first-order valence-electron chi connectivity index (χ1n) is 6.11. The van der Waals surface area contributed by atoms with E-state index >= 15 is 0 Å². The first kappa shape index (κ1) is 14.2. The fraction of sp³-hybridized carbons (Fsp3) is 0.429. The second kappa shape index (κ2) is 6.77. The fourth-order valence-corrected chi connectivity index (χ4v) is 1.53. The van der Waals surface area contributed by atoms with Crippen molar-refractivity contribution in [1.29, 1.82) is 5.26 Å². The van der Waals surface area contributed by atoms with Crippen molar-refractivity contribution in [1.82, 2.24) is 5.32 Å². The molecule has 0 saturated heterocycles. The Kier molecular flexibility index (Phi) is 5.34. The quantitative estimate of drug-likeness (QED) is 0.835. The molecule has 0 aliphatic carbocycles. The van der Waals surface area contributed by atoms with Crippen LogP contribution in [0, 0.1) is 18.3 Å². The largest absolute Gasteiger partial charge is 0.324 e. The van der Waals surface area contributed by atoms with Crippen LogP contribution < -0.4 is 10.6 Å². The van der Waals surface area contributed by atoms with E-state index in [4.69, 9.17) is 5.26 Å². The Morgan fingerprint density at radius 1 is 1.50 bits per heavy atom. The van der Waals surface area contributed by atoms with Gasteiger partial charge in [-0.3, -0.25) is 4.79 Å². The molecule has 0 bridgehead atoms. The molecule has 1 rings (SSSR count). The fourth-order valence-electron chi connectivity index (χ4n) is 1.53. The Balaban J connectivity index is 2.66. The van der Waals surface area contributed by atoms with Gasteiger partial charge in [0, 0.05) is 6.04 Å². The summed E-state index contributed by atoms with van der Waals surface area (Å²) in [5, 5.41) is 14.9. The van der Waals surface area contributed by atoms with Gasteiger partial charge in [0.05, 0.1) is 17.8 Å². The van der Waals surface area contributed by atoms with Gasteiger partial charge in [0.25, 0.3) is 0 Å². The number of nitriles is 1. The summed E-state index contributed by atoms with van der Waals surface area (Å²) in [5.74, 6) is -0.127. The number of carbonyl (C=O) groups excluding carboxylic acids is 1. The third-order valence-electron chi connectivity index (χ3n) is 2.88. The molecule has 18 heavy (non-hydrogen) atoms. The van der Waals surface area contributed by atoms with Gasteiger partial charge in [-0.1, -0.05) is 19.1 Å². The van der Waals surface area contributed by atoms with Crippen LogP contribution in [0.15, 0.2) is 18.2 Å². The highest BCUT2D eigenvalue weighted by atomic mass is 16.1. The topological polar surface area (TPSA) is 64.9 Å². The lowest BCUT2D eigenvalue weighted by molar-refractivity contribution is -0.115. The van der Waals surface area contributed by atoms with Crippen LogP contribution in [0.5, 0.6) is 0 Å². The molecule has 1 unspecified atom stereocenters. The number of carbonyl (C=O) groups is 1. The second-order valence-electron chi connectivity index (χ2n) is 4.35. The summed E-state index contributed by atoms with van der Waals surface area (Å²) in [6.45, 7) is 6.20. The molecule has 0 fully saturated rings. The Morgan fingerprint density at radius 3 is 2.83 bits per heavy atom. The molecule has 0 aromatic heterocycles. The van der Waals surface area contributed by atoms with Crippen LogP contribution in [0.3, 0.4) is 0 Å². The molecular weight excluding hydrogens is 226 g/mol. The van der Waals surface area contributed by atoms with E-state index in [0.717, 1.165) is 12.0 Å². The zero-order valence-electron chi connectivity index (χ0n) is 11.1. The molecule has 0 aliphatic heterocycles. The lowest BCUT2D eigenvalue weighted by Crippen LogP contribution is -2.34. The van der Waals surface area contributed by atoms with Gasteiger partial charge in [-0.2, -0.15) is 5.26 Å². The zero-order chi connectivity index (χ0) is 13.5. The Morgan fingerprint density at radius 2 is 2.22 bits per heavy atom. The van der Waals surface area contributed by atoms with Crippen molar-refractivity contribution >= 4 is 11.6 Å². The van der Waals surface area contributed by atoms with Crippen molar-refractivity contribution in [2.24, 2.45) is 0 Å². The minimum atomic E-state index is -0.127. The van der Waals surface area contributed by atoms with Gasteiger partial charge >= 0.3 is 0 Å². The summed E-state index contributed by atoms with van der Waals surface area (Å²) >= 11 is 0. The van der Waals surface area contributed by atoms with E-state index in [1.165, 1.54) is 0 Å². The number of amides is 1. The lowest BCUT2D eigenvalue weighted by Gasteiger charge is -2.12. The van der Waals surface area contributed by atoms with Gasteiger partial charge in [-0.05, 0) is 31.9 Å². The number of rotatable bonds is 5. The van der Waals surface area contributed by atoms with Crippen LogP contribution in [0.25, 0.3) is 0 Å². The molecule has 0 radical (unpaired) electrons. The maximum atomic E-state index is 11.7. The molecule has 0 heterocycles. The van der Waals surface area contributed by atoms with Crippen molar-refractivity contribution in [2.75, 3.05) is 11.9 Å². The molecule has 1 amide bonds. The number of aryl methyl sites for hydroxylation is 1. The minimum absolute atomic E-state index is 0.127. The monoisotopic (exact) mass is 245 g/mol. The summed E-state index contributed by atoms with van der Waals surface area (Å²) in [5.41, 5.74) is 1.97. The summed E-state index contributed by atoms with van der Waals surface area (Å²) in [7, 11) is 0. The third kappa shape index (κ3) is 3.86. The lowest BCUT2D eigenvalue weighted by atomic mass is 10.1. The summed E-state index contributed by atoms with van der Waals surface area (Å²) < 4.78 is 0. The minimum Gasteiger partial charge on any atom is -0.324 e. The molecular formula is C14H19N3O. The van der Waals surface area contributed by atoms with Crippen LogP contribution >= 0.6 is 0 Å². The van der Waals surface area contributed by atoms with E-state index in [-0.39, 0.29) is 12.5 Å². The van der Waals surface area contributed by atoms with Gasteiger partial charge in [0.15, 0.2) is 0 Å². The smallest absolute Gasteiger partial charge is 0.238 e. The van der Waals surface area contributed by atoms with Crippen LogP contribution in [0.1, 0.15) is 31.4 Å². The molecule has 96 valence electrons. The number of nitrogens with one attached hydrogen (secondary N) is 2. The summed E-state index contributed by atoms with van der Waals surface area (Å²) in [6.07, 6.45) is 0.973. The van der Waals surface area contributed by atoms with Crippen LogP contribution in [-0.2, 0) is 4.79 Å². The maximum Gasteiger partial charge on any atom is 0.238 e. The average Bonchev–Trinajstić information content (AvgIpc) is 2.36. The van der Waals surface area contributed by atoms with Crippen LogP contribution in [0.2, 0.25) is 0 Å². The van der Waals surface area contributed by atoms with Gasteiger partial charge in [0.2, 0.25) is 5.91 Å². The first-order chi connectivity index (χ1) is 8.58. The average molecular weight is 245 g/mol. The van der Waals surface area contributed by atoms with Gasteiger partial charge in [-0.25, -0.2) is 0 Å². The standard InChI is InChI=1S/C14H19N3O/c1-4-11(3)16-9-14(18)17-13-7-5-6-10(2)12(13)8-15/h5-7,11,16H,4,9H2,1-3H3,(H,17,18). The van der Waals surface area contributed by atoms with E-state index in [1.807, 2.05) is 26.0 Å². The highest BCUT2D eigenvalue weighted by Crippen LogP contribution is 2.17. The molecule has 4 heteroatoms. The molecule has 1 aromatic carbocycles. The van der Waals surface area contributed by atoms with E-state index in [1.54, 1.807) is 6.07 Å². The molecule has 0 aliphatic rings. The van der Waals surface area contributed by atoms with Crippen LogP contribution in [0.4, 0.5) is 5.69 Å². The number of hydrogen-bond donors (Lipinski definition) is 2. The molecule has 2 N–H and O–H groups in total. The molecule has 0 saturated carbocycles. The Bertz CT molecular complexity index is 463. The third-order valence-corrected chi connectivity index (χ3v) is 2.88. The van der Waals surface area contributed by atoms with Gasteiger partial charge in [0.1, 0.15) is 6.07 Å². The number of anilines is 1. The van der Waals surface area contributed by atoms with Gasteiger partial charge in [-0.15, -0.1) is 0 Å².